The van der Waals surface area contributed by atoms with Crippen LogP contribution in [0.5, 0.6) is 0 Å². The van der Waals surface area contributed by atoms with E-state index in [0.717, 1.165) is 19.3 Å². The van der Waals surface area contributed by atoms with Gasteiger partial charge >= 0.3 is 0 Å². The van der Waals surface area contributed by atoms with Crippen molar-refractivity contribution < 1.29 is 9.18 Å². The van der Waals surface area contributed by atoms with Crippen molar-refractivity contribution in [3.63, 3.8) is 0 Å². The second kappa shape index (κ2) is 6.35. The van der Waals surface area contributed by atoms with E-state index in [1.165, 1.54) is 12.1 Å². The number of piperidine rings is 1. The standard InChI is InChI=1S/C14H18ClFN2O/c15-11-2-1-3-12(16)13(11)14(19)18-8-5-10(4-7-17)6-9-18/h1-3,10H,4-9,17H2. The maximum absolute atomic E-state index is 13.7. The smallest absolute Gasteiger partial charge is 0.258 e. The molecule has 1 aromatic carbocycles. The molecule has 1 aliphatic heterocycles. The lowest BCUT2D eigenvalue weighted by Crippen LogP contribution is -2.39. The minimum atomic E-state index is -0.554. The molecule has 0 aliphatic carbocycles. The molecule has 1 saturated heterocycles. The number of halogens is 2. The predicted octanol–water partition coefficient (Wildman–Crippen LogP) is 2.68. The Morgan fingerprint density at radius 3 is 2.68 bits per heavy atom. The number of amides is 1. The van der Waals surface area contributed by atoms with E-state index < -0.39 is 5.82 Å². The number of rotatable bonds is 3. The van der Waals surface area contributed by atoms with Gasteiger partial charge in [0.2, 0.25) is 0 Å². The molecule has 0 aromatic heterocycles. The highest BCUT2D eigenvalue weighted by molar-refractivity contribution is 6.33. The summed E-state index contributed by atoms with van der Waals surface area (Å²) in [5, 5.41) is 0.175. The van der Waals surface area contributed by atoms with Gasteiger partial charge in [-0.25, -0.2) is 4.39 Å². The number of hydrogen-bond donors (Lipinski definition) is 1. The number of hydrogen-bond acceptors (Lipinski definition) is 2. The molecule has 2 rings (SSSR count). The van der Waals surface area contributed by atoms with Crippen LogP contribution < -0.4 is 5.73 Å². The largest absolute Gasteiger partial charge is 0.338 e. The number of nitrogens with two attached hydrogens (primary N) is 1. The monoisotopic (exact) mass is 284 g/mol. The molecule has 2 N–H and O–H groups in total. The van der Waals surface area contributed by atoms with Gasteiger partial charge in [0.05, 0.1) is 10.6 Å². The van der Waals surface area contributed by atoms with E-state index >= 15 is 0 Å². The van der Waals surface area contributed by atoms with Gasteiger partial charge in [-0.15, -0.1) is 0 Å². The Morgan fingerprint density at radius 1 is 1.42 bits per heavy atom. The summed E-state index contributed by atoms with van der Waals surface area (Å²) in [5.41, 5.74) is 5.52. The third-order valence-corrected chi connectivity index (χ3v) is 3.97. The van der Waals surface area contributed by atoms with Gasteiger partial charge < -0.3 is 10.6 Å². The Hall–Kier alpha value is -1.13. The first kappa shape index (κ1) is 14.3. The molecule has 5 heteroatoms. The average molecular weight is 285 g/mol. The Balaban J connectivity index is 2.05. The normalized spacial score (nSPS) is 16.7. The Labute approximate surface area is 117 Å². The van der Waals surface area contributed by atoms with Crippen LogP contribution in [0.1, 0.15) is 29.6 Å². The van der Waals surface area contributed by atoms with Crippen molar-refractivity contribution >= 4 is 17.5 Å². The number of likely N-dealkylation sites (tertiary alicyclic amines) is 1. The maximum Gasteiger partial charge on any atom is 0.258 e. The van der Waals surface area contributed by atoms with E-state index in [-0.39, 0.29) is 16.5 Å². The zero-order chi connectivity index (χ0) is 13.8. The van der Waals surface area contributed by atoms with Gasteiger partial charge in [-0.2, -0.15) is 0 Å². The number of carbonyl (C=O) groups excluding carboxylic acids is 1. The molecule has 1 aromatic rings. The van der Waals surface area contributed by atoms with Crippen molar-refractivity contribution in [2.75, 3.05) is 19.6 Å². The molecule has 19 heavy (non-hydrogen) atoms. The molecular formula is C14H18ClFN2O. The second-order valence-electron chi connectivity index (χ2n) is 4.91. The van der Waals surface area contributed by atoms with Crippen LogP contribution in [-0.4, -0.2) is 30.4 Å². The molecule has 104 valence electrons. The number of nitrogens with zero attached hydrogens (tertiary/aromatic N) is 1. The molecule has 0 atom stereocenters. The van der Waals surface area contributed by atoms with Gasteiger partial charge in [-0.1, -0.05) is 17.7 Å². The summed E-state index contributed by atoms with van der Waals surface area (Å²) in [6.07, 6.45) is 2.84. The lowest BCUT2D eigenvalue weighted by Gasteiger charge is -2.32. The van der Waals surface area contributed by atoms with E-state index in [1.807, 2.05) is 0 Å². The van der Waals surface area contributed by atoms with Crippen molar-refractivity contribution in [3.05, 3.63) is 34.6 Å². The molecule has 0 unspecified atom stereocenters. The fourth-order valence-electron chi connectivity index (χ4n) is 2.52. The van der Waals surface area contributed by atoms with Crippen LogP contribution in [0, 0.1) is 11.7 Å². The number of benzene rings is 1. The average Bonchev–Trinajstić information content (AvgIpc) is 2.39. The molecule has 0 radical (unpaired) electrons. The minimum absolute atomic E-state index is 0.0126. The zero-order valence-electron chi connectivity index (χ0n) is 10.7. The third kappa shape index (κ3) is 3.25. The van der Waals surface area contributed by atoms with Gasteiger partial charge in [-0.05, 0) is 43.9 Å². The van der Waals surface area contributed by atoms with Crippen molar-refractivity contribution in [2.45, 2.75) is 19.3 Å². The molecule has 0 spiro atoms. The molecule has 0 saturated carbocycles. The van der Waals surface area contributed by atoms with Crippen LogP contribution in [0.3, 0.4) is 0 Å². The lowest BCUT2D eigenvalue weighted by molar-refractivity contribution is 0.0683. The third-order valence-electron chi connectivity index (χ3n) is 3.65. The van der Waals surface area contributed by atoms with Gasteiger partial charge in [0.25, 0.3) is 5.91 Å². The number of carbonyl (C=O) groups is 1. The van der Waals surface area contributed by atoms with Crippen LogP contribution in [0.2, 0.25) is 5.02 Å². The lowest BCUT2D eigenvalue weighted by atomic mass is 9.93. The van der Waals surface area contributed by atoms with E-state index in [4.69, 9.17) is 17.3 Å². The maximum atomic E-state index is 13.7. The van der Waals surface area contributed by atoms with E-state index in [1.54, 1.807) is 11.0 Å². The molecular weight excluding hydrogens is 267 g/mol. The van der Waals surface area contributed by atoms with Crippen LogP contribution in [-0.2, 0) is 0 Å². The van der Waals surface area contributed by atoms with Gasteiger partial charge in [-0.3, -0.25) is 4.79 Å². The SMILES string of the molecule is NCCC1CCN(C(=O)c2c(F)cccc2Cl)CC1. The van der Waals surface area contributed by atoms with Gasteiger partial charge in [0, 0.05) is 13.1 Å². The Kier molecular flexibility index (Phi) is 4.77. The quantitative estimate of drug-likeness (QED) is 0.927. The molecule has 1 fully saturated rings. The van der Waals surface area contributed by atoms with Crippen molar-refractivity contribution in [1.29, 1.82) is 0 Å². The van der Waals surface area contributed by atoms with Crippen molar-refractivity contribution in [3.8, 4) is 0 Å². The first-order chi connectivity index (χ1) is 9.13. The Bertz CT molecular complexity index is 439. The zero-order valence-corrected chi connectivity index (χ0v) is 11.5. The first-order valence-corrected chi connectivity index (χ1v) is 6.94. The van der Waals surface area contributed by atoms with Gasteiger partial charge in [0.1, 0.15) is 5.82 Å². The summed E-state index contributed by atoms with van der Waals surface area (Å²) in [7, 11) is 0. The van der Waals surface area contributed by atoms with E-state index in [2.05, 4.69) is 0 Å². The fourth-order valence-corrected chi connectivity index (χ4v) is 2.76. The summed E-state index contributed by atoms with van der Waals surface area (Å²) in [5.74, 6) is -0.291. The topological polar surface area (TPSA) is 46.3 Å². The summed E-state index contributed by atoms with van der Waals surface area (Å²) in [6.45, 7) is 1.97. The summed E-state index contributed by atoms with van der Waals surface area (Å²) in [4.78, 5) is 14.0. The highest BCUT2D eigenvalue weighted by atomic mass is 35.5. The first-order valence-electron chi connectivity index (χ1n) is 6.57. The van der Waals surface area contributed by atoms with Crippen LogP contribution in [0.25, 0.3) is 0 Å². The second-order valence-corrected chi connectivity index (χ2v) is 5.32. The minimum Gasteiger partial charge on any atom is -0.338 e. The van der Waals surface area contributed by atoms with Crippen LogP contribution in [0.15, 0.2) is 18.2 Å². The summed E-state index contributed by atoms with van der Waals surface area (Å²) >= 11 is 5.92. The Morgan fingerprint density at radius 2 is 2.11 bits per heavy atom. The van der Waals surface area contributed by atoms with Crippen LogP contribution in [0.4, 0.5) is 4.39 Å². The summed E-state index contributed by atoms with van der Waals surface area (Å²) < 4.78 is 13.7. The van der Waals surface area contributed by atoms with E-state index in [9.17, 15) is 9.18 Å². The fraction of sp³-hybridized carbons (Fsp3) is 0.500. The van der Waals surface area contributed by atoms with Gasteiger partial charge in [0.15, 0.2) is 0 Å². The summed E-state index contributed by atoms with van der Waals surface area (Å²) in [6, 6.07) is 4.31. The molecule has 0 bridgehead atoms. The molecule has 3 nitrogen and oxygen atoms in total. The molecule has 1 heterocycles. The predicted molar refractivity (Wildman–Crippen MR) is 73.7 cm³/mol. The molecule has 1 aliphatic rings. The van der Waals surface area contributed by atoms with E-state index in [0.29, 0.717) is 25.6 Å². The highest BCUT2D eigenvalue weighted by Crippen LogP contribution is 2.25. The van der Waals surface area contributed by atoms with Crippen LogP contribution >= 0.6 is 11.6 Å². The molecule has 1 amide bonds. The van der Waals surface area contributed by atoms with Crippen molar-refractivity contribution in [2.24, 2.45) is 11.7 Å². The van der Waals surface area contributed by atoms with Crippen molar-refractivity contribution in [1.82, 2.24) is 4.90 Å². The highest BCUT2D eigenvalue weighted by Gasteiger charge is 2.26.